The van der Waals surface area contributed by atoms with Gasteiger partial charge in [0, 0.05) is 17.9 Å². The van der Waals surface area contributed by atoms with E-state index in [2.05, 4.69) is 24.7 Å². The van der Waals surface area contributed by atoms with Crippen molar-refractivity contribution in [3.05, 3.63) is 18.2 Å². The molecule has 5 nitrogen and oxygen atoms in total. The molecule has 1 aromatic carbocycles. The Labute approximate surface area is 136 Å². The number of alkyl halides is 1. The number of fused-ring (bicyclic) bond motifs is 1. The summed E-state index contributed by atoms with van der Waals surface area (Å²) in [5, 5.41) is 0. The summed E-state index contributed by atoms with van der Waals surface area (Å²) in [6.07, 6.45) is 4.10. The Kier molecular flexibility index (Phi) is 4.31. The van der Waals surface area contributed by atoms with Gasteiger partial charge in [0.2, 0.25) is 10.0 Å². The smallest absolute Gasteiger partial charge is 0.207 e. The lowest BCUT2D eigenvalue weighted by molar-refractivity contribution is 0.297. The van der Waals surface area contributed by atoms with E-state index in [1.807, 2.05) is 0 Å². The summed E-state index contributed by atoms with van der Waals surface area (Å²) in [6.45, 7) is 0. The summed E-state index contributed by atoms with van der Waals surface area (Å²) in [5.74, 6) is 0. The highest BCUT2D eigenvalue weighted by Gasteiger charge is 2.35. The zero-order valence-corrected chi connectivity index (χ0v) is 14.8. The minimum atomic E-state index is -3.56. The molecule has 0 spiro atoms. The van der Waals surface area contributed by atoms with Crippen LogP contribution in [-0.4, -0.2) is 30.6 Å². The Morgan fingerprint density at radius 3 is 2.81 bits per heavy atom. The van der Waals surface area contributed by atoms with Gasteiger partial charge in [0.25, 0.3) is 0 Å². The highest BCUT2D eigenvalue weighted by atomic mass is 79.9. The molecule has 0 amide bonds. The molecule has 0 radical (unpaired) electrons. The molecule has 0 aromatic heterocycles. The molecule has 21 heavy (non-hydrogen) atoms. The van der Waals surface area contributed by atoms with Gasteiger partial charge in [0.05, 0.1) is 11.4 Å². The van der Waals surface area contributed by atoms with Crippen molar-refractivity contribution in [2.45, 2.75) is 41.4 Å². The van der Waals surface area contributed by atoms with Gasteiger partial charge in [-0.2, -0.15) is 13.0 Å². The third-order valence-corrected chi connectivity index (χ3v) is 7.55. The summed E-state index contributed by atoms with van der Waals surface area (Å²) >= 11 is 4.67. The van der Waals surface area contributed by atoms with Gasteiger partial charge in [0.15, 0.2) is 0 Å². The maximum Gasteiger partial charge on any atom is 0.245 e. The van der Waals surface area contributed by atoms with E-state index in [-0.39, 0.29) is 15.8 Å². The molecule has 1 fully saturated rings. The minimum Gasteiger partial charge on any atom is -0.207 e. The van der Waals surface area contributed by atoms with E-state index < -0.39 is 10.0 Å². The normalized spacial score (nSPS) is 24.9. The Morgan fingerprint density at radius 1 is 1.29 bits per heavy atom. The lowest BCUT2D eigenvalue weighted by atomic mass is 9.96. The van der Waals surface area contributed by atoms with Crippen molar-refractivity contribution in [3.63, 3.8) is 0 Å². The molecule has 2 unspecified atom stereocenters. The van der Waals surface area contributed by atoms with Crippen molar-refractivity contribution < 1.29 is 8.42 Å². The van der Waals surface area contributed by atoms with E-state index in [1.165, 1.54) is 4.31 Å². The Morgan fingerprint density at radius 2 is 2.05 bits per heavy atom. The molecule has 2 aliphatic rings. The van der Waals surface area contributed by atoms with Crippen LogP contribution < -0.4 is 0 Å². The first-order valence-corrected chi connectivity index (χ1v) is 9.94. The molecule has 0 N–H and O–H groups in total. The first kappa shape index (κ1) is 15.3. The summed E-state index contributed by atoms with van der Waals surface area (Å²) in [5.41, 5.74) is 1.10. The highest BCUT2D eigenvalue weighted by molar-refractivity contribution is 9.09. The number of rotatable bonds is 3. The predicted molar refractivity (Wildman–Crippen MR) is 87.9 cm³/mol. The largest absolute Gasteiger partial charge is 0.245 e. The van der Waals surface area contributed by atoms with Crippen molar-refractivity contribution in [1.29, 1.82) is 0 Å². The molecule has 8 heteroatoms. The average molecular weight is 390 g/mol. The maximum atomic E-state index is 12.9. The van der Waals surface area contributed by atoms with Crippen LogP contribution in [0.15, 0.2) is 31.8 Å². The van der Waals surface area contributed by atoms with Crippen LogP contribution in [0.3, 0.4) is 0 Å². The van der Waals surface area contributed by atoms with Crippen molar-refractivity contribution in [2.24, 2.45) is 8.73 Å². The van der Waals surface area contributed by atoms with Crippen LogP contribution in [0.4, 0.5) is 11.4 Å². The molecule has 0 bridgehead atoms. The van der Waals surface area contributed by atoms with Gasteiger partial charge in [-0.1, -0.05) is 34.8 Å². The summed E-state index contributed by atoms with van der Waals surface area (Å²) in [7, 11) is -1.90. The molecule has 1 aliphatic carbocycles. The maximum absolute atomic E-state index is 12.9. The number of hydrogen-bond donors (Lipinski definition) is 0. The fourth-order valence-corrected chi connectivity index (χ4v) is 6.07. The average Bonchev–Trinajstić information content (AvgIpc) is 2.95. The summed E-state index contributed by atoms with van der Waals surface area (Å²) < 4.78 is 35.6. The van der Waals surface area contributed by atoms with E-state index in [9.17, 15) is 8.42 Å². The molecule has 114 valence electrons. The SMILES string of the molecule is CN(C1CCCCC1Br)S(=O)(=O)c1cccc2c1N=S=N2. The van der Waals surface area contributed by atoms with Gasteiger partial charge >= 0.3 is 0 Å². The fourth-order valence-electron chi connectivity index (χ4n) is 2.80. The summed E-state index contributed by atoms with van der Waals surface area (Å²) in [4.78, 5) is 0.459. The lowest BCUT2D eigenvalue weighted by Gasteiger charge is -2.34. The molecule has 2 atom stereocenters. The van der Waals surface area contributed by atoms with Crippen molar-refractivity contribution in [2.75, 3.05) is 7.05 Å². The van der Waals surface area contributed by atoms with Crippen LogP contribution in [-0.2, 0) is 21.4 Å². The minimum absolute atomic E-state index is 0.00870. The molecular formula is C13H16BrN3O2S2. The third-order valence-electron chi connectivity index (χ3n) is 4.02. The van der Waals surface area contributed by atoms with Gasteiger partial charge in [-0.25, -0.2) is 8.42 Å². The number of halogens is 1. The van der Waals surface area contributed by atoms with Crippen LogP contribution in [0.1, 0.15) is 25.7 Å². The fraction of sp³-hybridized carbons (Fsp3) is 0.538. The van der Waals surface area contributed by atoms with Crippen molar-refractivity contribution >= 4 is 48.7 Å². The highest BCUT2D eigenvalue weighted by Crippen LogP contribution is 2.40. The van der Waals surface area contributed by atoms with Crippen LogP contribution in [0.25, 0.3) is 0 Å². The first-order chi connectivity index (χ1) is 10.0. The Bertz CT molecular complexity index is 729. The van der Waals surface area contributed by atoms with E-state index >= 15 is 0 Å². The molecule has 1 aromatic rings. The van der Waals surface area contributed by atoms with E-state index in [0.717, 1.165) is 37.0 Å². The van der Waals surface area contributed by atoms with Crippen LogP contribution in [0.5, 0.6) is 0 Å². The van der Waals surface area contributed by atoms with Crippen LogP contribution in [0.2, 0.25) is 0 Å². The van der Waals surface area contributed by atoms with Gasteiger partial charge in [0.1, 0.15) is 16.3 Å². The topological polar surface area (TPSA) is 62.1 Å². The van der Waals surface area contributed by atoms with E-state index in [4.69, 9.17) is 0 Å². The predicted octanol–water partition coefficient (Wildman–Crippen LogP) is 3.74. The van der Waals surface area contributed by atoms with Crippen LogP contribution >= 0.6 is 15.9 Å². The van der Waals surface area contributed by atoms with Gasteiger partial charge in [-0.05, 0) is 25.0 Å². The Hall–Kier alpha value is -0.570. The zero-order valence-electron chi connectivity index (χ0n) is 11.6. The second kappa shape index (κ2) is 5.91. The van der Waals surface area contributed by atoms with Crippen molar-refractivity contribution in [1.82, 2.24) is 4.31 Å². The molecule has 1 heterocycles. The van der Waals surface area contributed by atoms with Crippen molar-refractivity contribution in [3.8, 4) is 0 Å². The second-order valence-corrected chi connectivity index (χ2v) is 8.95. The zero-order chi connectivity index (χ0) is 15.0. The second-order valence-electron chi connectivity index (χ2n) is 5.28. The number of sulfonamides is 1. The molecule has 3 rings (SSSR count). The van der Waals surface area contributed by atoms with E-state index in [1.54, 1.807) is 25.2 Å². The summed E-state index contributed by atoms with van der Waals surface area (Å²) in [6, 6.07) is 5.11. The standard InChI is InChI=1S/C13H16BrN3O2S2/c1-17(11-7-3-2-5-9(11)14)21(18,19)12-8-4-6-10-13(12)16-20-15-10/h4,6,8-9,11H,2-3,5,7H2,1H3. The first-order valence-electron chi connectivity index (χ1n) is 6.85. The molecule has 1 saturated carbocycles. The molecule has 1 aliphatic heterocycles. The van der Waals surface area contributed by atoms with Crippen LogP contribution in [0, 0.1) is 0 Å². The number of nitrogens with zero attached hydrogens (tertiary/aromatic N) is 3. The van der Waals surface area contributed by atoms with Gasteiger partial charge < -0.3 is 0 Å². The lowest BCUT2D eigenvalue weighted by Crippen LogP contribution is -2.43. The molecular weight excluding hydrogens is 374 g/mol. The quantitative estimate of drug-likeness (QED) is 0.750. The monoisotopic (exact) mass is 389 g/mol. The Balaban J connectivity index is 1.98. The van der Waals surface area contributed by atoms with E-state index in [0.29, 0.717) is 11.4 Å². The number of benzene rings is 1. The molecule has 0 saturated heterocycles. The number of hydrogen-bond acceptors (Lipinski definition) is 4. The van der Waals surface area contributed by atoms with Gasteiger partial charge in [-0.15, -0.1) is 0 Å². The van der Waals surface area contributed by atoms with Gasteiger partial charge in [-0.3, -0.25) is 0 Å². The third kappa shape index (κ3) is 2.74.